The van der Waals surface area contributed by atoms with Gasteiger partial charge in [-0.15, -0.1) is 0 Å². The Labute approximate surface area is 594 Å². The Bertz CT molecular complexity index is 1870. The molecule has 0 fully saturated rings. The van der Waals surface area contributed by atoms with E-state index < -0.39 is 97.5 Å². The molecule has 0 spiro atoms. The molecular formula is C78H152O17P2. The third kappa shape index (κ3) is 70.9. The van der Waals surface area contributed by atoms with Gasteiger partial charge in [-0.1, -0.05) is 356 Å². The van der Waals surface area contributed by atoms with Gasteiger partial charge in [0.25, 0.3) is 0 Å². The van der Waals surface area contributed by atoms with Gasteiger partial charge in [0.15, 0.2) is 12.2 Å². The molecule has 0 saturated heterocycles. The second kappa shape index (κ2) is 69.8. The number of ether oxygens (including phenoxy) is 4. The van der Waals surface area contributed by atoms with E-state index in [1.54, 1.807) is 0 Å². The maximum atomic E-state index is 13.1. The fraction of sp³-hybridized carbons (Fsp3) is 0.949. The summed E-state index contributed by atoms with van der Waals surface area (Å²) in [7, 11) is -9.92. The van der Waals surface area contributed by atoms with Gasteiger partial charge in [0, 0.05) is 25.7 Å². The van der Waals surface area contributed by atoms with Gasteiger partial charge in [0.1, 0.15) is 19.3 Å². The van der Waals surface area contributed by atoms with Gasteiger partial charge in [-0.25, -0.2) is 9.13 Å². The summed E-state index contributed by atoms with van der Waals surface area (Å²) in [5.41, 5.74) is 0. The highest BCUT2D eigenvalue weighted by Gasteiger charge is 2.30. The minimum absolute atomic E-state index is 0.107. The van der Waals surface area contributed by atoms with Crippen molar-refractivity contribution in [1.29, 1.82) is 0 Å². The van der Waals surface area contributed by atoms with Crippen molar-refractivity contribution in [2.24, 2.45) is 11.8 Å². The zero-order valence-electron chi connectivity index (χ0n) is 63.4. The van der Waals surface area contributed by atoms with Crippen LogP contribution in [0.2, 0.25) is 0 Å². The van der Waals surface area contributed by atoms with Crippen LogP contribution < -0.4 is 0 Å². The lowest BCUT2D eigenvalue weighted by Crippen LogP contribution is -2.30. The molecule has 0 aliphatic carbocycles. The summed E-state index contributed by atoms with van der Waals surface area (Å²) in [6, 6.07) is 0. The standard InChI is InChI=1S/C78H152O17P2/c1-7-10-12-14-16-18-20-22-23-24-28-31-35-42-48-54-60-75(80)88-66-73(94-78(83)63-57-51-45-37-33-29-25-27-30-34-40-46-52-58-70(4)5)68-92-96(84,85)90-64-72(79)65-91-97(86,87)93-69-74(67-89-76(81)61-55-49-43-39-38-41-47-53-59-71(6)9-3)95-77(82)62-56-50-44-36-32-26-21-19-17-15-13-11-8-2/h70-74,79H,7-69H2,1-6H3,(H,84,85)(H,86,87)/t71?,72-,73-,74-/m1/s1. The molecule has 97 heavy (non-hydrogen) atoms. The molecule has 0 aromatic heterocycles. The molecule has 0 amide bonds. The van der Waals surface area contributed by atoms with E-state index >= 15 is 0 Å². The van der Waals surface area contributed by atoms with Gasteiger partial charge in [0.2, 0.25) is 0 Å². The number of rotatable bonds is 77. The molecule has 3 N–H and O–H groups in total. The first-order valence-electron chi connectivity index (χ1n) is 40.5. The van der Waals surface area contributed by atoms with Crippen molar-refractivity contribution in [3.8, 4) is 0 Å². The molecule has 0 aliphatic heterocycles. The average molecular weight is 1420 g/mol. The van der Waals surface area contributed by atoms with Crippen LogP contribution in [0.5, 0.6) is 0 Å². The van der Waals surface area contributed by atoms with Crippen molar-refractivity contribution in [1.82, 2.24) is 0 Å². The van der Waals surface area contributed by atoms with Gasteiger partial charge >= 0.3 is 39.5 Å². The molecule has 0 bridgehead atoms. The summed E-state index contributed by atoms with van der Waals surface area (Å²) < 4.78 is 68.6. The Balaban J connectivity index is 5.27. The molecular weight excluding hydrogens is 1270 g/mol. The smallest absolute Gasteiger partial charge is 0.462 e. The highest BCUT2D eigenvalue weighted by atomic mass is 31.2. The first kappa shape index (κ1) is 95.1. The Morgan fingerprint density at radius 2 is 0.526 bits per heavy atom. The van der Waals surface area contributed by atoms with Crippen LogP contribution >= 0.6 is 15.6 Å². The number of aliphatic hydroxyl groups is 1. The molecule has 0 aromatic carbocycles. The summed E-state index contributed by atoms with van der Waals surface area (Å²) >= 11 is 0. The number of carbonyl (C=O) groups excluding carboxylic acids is 4. The van der Waals surface area contributed by atoms with E-state index in [0.29, 0.717) is 25.7 Å². The molecule has 0 radical (unpaired) electrons. The highest BCUT2D eigenvalue weighted by molar-refractivity contribution is 7.47. The lowest BCUT2D eigenvalue weighted by Gasteiger charge is -2.21. The lowest BCUT2D eigenvalue weighted by molar-refractivity contribution is -0.161. The van der Waals surface area contributed by atoms with Gasteiger partial charge in [-0.3, -0.25) is 37.3 Å². The van der Waals surface area contributed by atoms with Crippen molar-refractivity contribution in [2.45, 2.75) is 426 Å². The number of phosphoric ester groups is 2. The fourth-order valence-electron chi connectivity index (χ4n) is 12.0. The largest absolute Gasteiger partial charge is 0.472 e. The molecule has 6 atom stereocenters. The lowest BCUT2D eigenvalue weighted by atomic mass is 9.99. The number of unbranched alkanes of at least 4 members (excludes halogenated alkanes) is 46. The SMILES string of the molecule is CCCCCCCCCCCCCCCCCCC(=O)OC[C@H](COP(=O)(O)OC[C@@H](O)COP(=O)(O)OC[C@@H](COC(=O)CCCCCCCCCCC(C)CC)OC(=O)CCCCCCCCCCCCCCC)OC(=O)CCCCCCCCCCCCCCCC(C)C. The second-order valence-electron chi connectivity index (χ2n) is 28.8. The van der Waals surface area contributed by atoms with Crippen molar-refractivity contribution in [3.05, 3.63) is 0 Å². The van der Waals surface area contributed by atoms with E-state index in [1.165, 1.54) is 225 Å². The average Bonchev–Trinajstić information content (AvgIpc) is 2.47. The van der Waals surface area contributed by atoms with Crippen LogP contribution in [0.4, 0.5) is 0 Å². The Kier molecular flexibility index (Phi) is 68.4. The van der Waals surface area contributed by atoms with Crippen LogP contribution in [0.3, 0.4) is 0 Å². The number of phosphoric acid groups is 2. The van der Waals surface area contributed by atoms with E-state index in [4.69, 9.17) is 37.0 Å². The quantitative estimate of drug-likeness (QED) is 0.0222. The summed E-state index contributed by atoms with van der Waals surface area (Å²) in [5, 5.41) is 10.6. The van der Waals surface area contributed by atoms with E-state index in [1.807, 2.05) is 0 Å². The molecule has 576 valence electrons. The second-order valence-corrected chi connectivity index (χ2v) is 31.7. The van der Waals surface area contributed by atoms with Crippen molar-refractivity contribution >= 4 is 39.5 Å². The molecule has 0 heterocycles. The maximum absolute atomic E-state index is 13.1. The molecule has 3 unspecified atom stereocenters. The normalized spacial score (nSPS) is 14.2. The Morgan fingerprint density at radius 1 is 0.299 bits per heavy atom. The first-order chi connectivity index (χ1) is 46.9. The molecule has 0 saturated carbocycles. The predicted molar refractivity (Wildman–Crippen MR) is 395 cm³/mol. The summed E-state index contributed by atoms with van der Waals surface area (Å²) in [6.45, 7) is 9.64. The molecule has 0 aliphatic rings. The number of hydrogen-bond donors (Lipinski definition) is 3. The topological polar surface area (TPSA) is 237 Å². The zero-order chi connectivity index (χ0) is 71.4. The maximum Gasteiger partial charge on any atom is 0.472 e. The predicted octanol–water partition coefficient (Wildman–Crippen LogP) is 23.1. The number of carbonyl (C=O) groups is 4. The van der Waals surface area contributed by atoms with Crippen LogP contribution in [-0.4, -0.2) is 96.7 Å². The van der Waals surface area contributed by atoms with Crippen LogP contribution in [0.25, 0.3) is 0 Å². The van der Waals surface area contributed by atoms with Crippen molar-refractivity contribution in [3.63, 3.8) is 0 Å². The van der Waals surface area contributed by atoms with Gasteiger partial charge in [0.05, 0.1) is 26.4 Å². The summed E-state index contributed by atoms with van der Waals surface area (Å²) in [5.74, 6) is -0.546. The van der Waals surface area contributed by atoms with E-state index in [0.717, 1.165) is 102 Å². The van der Waals surface area contributed by atoms with Crippen molar-refractivity contribution in [2.75, 3.05) is 39.6 Å². The third-order valence-corrected chi connectivity index (χ3v) is 20.5. The summed E-state index contributed by atoms with van der Waals surface area (Å²) in [4.78, 5) is 72.9. The van der Waals surface area contributed by atoms with E-state index in [9.17, 15) is 43.2 Å². The number of esters is 4. The minimum Gasteiger partial charge on any atom is -0.462 e. The first-order valence-corrected chi connectivity index (χ1v) is 43.5. The monoisotopic (exact) mass is 1420 g/mol. The fourth-order valence-corrected chi connectivity index (χ4v) is 13.6. The zero-order valence-corrected chi connectivity index (χ0v) is 65.2. The third-order valence-electron chi connectivity index (χ3n) is 18.6. The Morgan fingerprint density at radius 3 is 0.784 bits per heavy atom. The van der Waals surface area contributed by atoms with Gasteiger partial charge in [-0.2, -0.15) is 0 Å². The van der Waals surface area contributed by atoms with Crippen LogP contribution in [-0.2, 0) is 65.4 Å². The van der Waals surface area contributed by atoms with Crippen molar-refractivity contribution < 1.29 is 80.2 Å². The number of hydrogen-bond acceptors (Lipinski definition) is 15. The minimum atomic E-state index is -4.96. The number of aliphatic hydroxyl groups excluding tert-OH is 1. The molecule has 17 nitrogen and oxygen atoms in total. The van der Waals surface area contributed by atoms with E-state index in [-0.39, 0.29) is 25.7 Å². The molecule has 19 heteroatoms. The van der Waals surface area contributed by atoms with Gasteiger partial charge < -0.3 is 33.8 Å². The highest BCUT2D eigenvalue weighted by Crippen LogP contribution is 2.45. The Hall–Kier alpha value is -1.94. The van der Waals surface area contributed by atoms with Crippen LogP contribution in [0.15, 0.2) is 0 Å². The molecule has 0 rings (SSSR count). The summed E-state index contributed by atoms with van der Waals surface area (Å²) in [6.07, 6.45) is 58.0. The van der Waals surface area contributed by atoms with Crippen LogP contribution in [0, 0.1) is 11.8 Å². The molecule has 0 aromatic rings. The van der Waals surface area contributed by atoms with Gasteiger partial charge in [-0.05, 0) is 37.5 Å². The van der Waals surface area contributed by atoms with E-state index in [2.05, 4.69) is 41.5 Å². The van der Waals surface area contributed by atoms with Crippen LogP contribution in [0.1, 0.15) is 408 Å².